The third-order valence-electron chi connectivity index (χ3n) is 4.91. The van der Waals surface area contributed by atoms with E-state index in [2.05, 4.69) is 5.32 Å². The smallest absolute Gasteiger partial charge is 0.242 e. The number of rotatable bonds is 6. The summed E-state index contributed by atoms with van der Waals surface area (Å²) in [5.74, 6) is -0.161. The SMILES string of the molecule is Cc1cc(S(=O)(=O)N(C)C)cc(NCC(=O)N2CCN(S(C)(=O)=O)CC2)c1C. The van der Waals surface area contributed by atoms with Crippen molar-refractivity contribution < 1.29 is 21.6 Å². The summed E-state index contributed by atoms with van der Waals surface area (Å²) < 4.78 is 50.5. The fourth-order valence-corrected chi connectivity index (χ4v) is 4.76. The maximum atomic E-state index is 12.5. The molecule has 1 heterocycles. The second kappa shape index (κ2) is 8.36. The van der Waals surface area contributed by atoms with Crippen LogP contribution in [0.5, 0.6) is 0 Å². The number of hydrogen-bond donors (Lipinski definition) is 1. The zero-order valence-electron chi connectivity index (χ0n) is 16.9. The minimum Gasteiger partial charge on any atom is -0.376 e. The molecule has 28 heavy (non-hydrogen) atoms. The fourth-order valence-electron chi connectivity index (χ4n) is 2.92. The average molecular weight is 433 g/mol. The molecule has 0 saturated carbocycles. The van der Waals surface area contributed by atoms with E-state index >= 15 is 0 Å². The van der Waals surface area contributed by atoms with Crippen molar-refractivity contribution in [3.05, 3.63) is 23.3 Å². The molecule has 0 spiro atoms. The first-order valence-corrected chi connectivity index (χ1v) is 12.1. The molecule has 0 aromatic heterocycles. The maximum Gasteiger partial charge on any atom is 0.242 e. The van der Waals surface area contributed by atoms with Crippen LogP contribution in [0.1, 0.15) is 11.1 Å². The van der Waals surface area contributed by atoms with E-state index in [0.29, 0.717) is 18.8 Å². The first kappa shape index (κ1) is 22.6. The van der Waals surface area contributed by atoms with Gasteiger partial charge in [0.05, 0.1) is 17.7 Å². The van der Waals surface area contributed by atoms with Gasteiger partial charge in [-0.1, -0.05) is 0 Å². The Morgan fingerprint density at radius 3 is 2.14 bits per heavy atom. The summed E-state index contributed by atoms with van der Waals surface area (Å²) in [5.41, 5.74) is 2.26. The predicted molar refractivity (Wildman–Crippen MR) is 108 cm³/mol. The van der Waals surface area contributed by atoms with Gasteiger partial charge >= 0.3 is 0 Å². The molecule has 1 aliphatic rings. The van der Waals surface area contributed by atoms with Gasteiger partial charge in [0.1, 0.15) is 0 Å². The topological polar surface area (TPSA) is 107 Å². The lowest BCUT2D eigenvalue weighted by Gasteiger charge is -2.33. The van der Waals surface area contributed by atoms with Gasteiger partial charge in [-0.25, -0.2) is 21.1 Å². The highest BCUT2D eigenvalue weighted by molar-refractivity contribution is 7.89. The van der Waals surface area contributed by atoms with Crippen molar-refractivity contribution in [2.24, 2.45) is 0 Å². The number of anilines is 1. The summed E-state index contributed by atoms with van der Waals surface area (Å²) in [6.07, 6.45) is 1.16. The van der Waals surface area contributed by atoms with Gasteiger partial charge in [-0.05, 0) is 37.1 Å². The third kappa shape index (κ3) is 5.02. The van der Waals surface area contributed by atoms with E-state index in [1.165, 1.54) is 24.5 Å². The van der Waals surface area contributed by atoms with E-state index in [4.69, 9.17) is 0 Å². The van der Waals surface area contributed by atoms with Crippen LogP contribution in [0.3, 0.4) is 0 Å². The second-order valence-corrected chi connectivity index (χ2v) is 11.2. The minimum absolute atomic E-state index is 0.00458. The first-order valence-electron chi connectivity index (χ1n) is 8.84. The van der Waals surface area contributed by atoms with E-state index in [0.717, 1.165) is 21.7 Å². The van der Waals surface area contributed by atoms with Gasteiger partial charge in [0, 0.05) is 46.0 Å². The van der Waals surface area contributed by atoms with Gasteiger partial charge in [0.15, 0.2) is 0 Å². The minimum atomic E-state index is -3.58. The number of nitrogens with one attached hydrogen (secondary N) is 1. The van der Waals surface area contributed by atoms with Crippen LogP contribution in [0.4, 0.5) is 5.69 Å². The van der Waals surface area contributed by atoms with Crippen LogP contribution in [0.2, 0.25) is 0 Å². The van der Waals surface area contributed by atoms with Crippen LogP contribution >= 0.6 is 0 Å². The van der Waals surface area contributed by atoms with E-state index in [1.807, 2.05) is 13.8 Å². The number of aryl methyl sites for hydroxylation is 1. The molecular formula is C17H28N4O5S2. The molecule has 2 rings (SSSR count). The van der Waals surface area contributed by atoms with Gasteiger partial charge < -0.3 is 10.2 Å². The standard InChI is InChI=1S/C17H28N4O5S2/c1-13-10-15(28(25,26)19(3)4)11-16(14(13)2)18-12-17(22)20-6-8-21(9-7-20)27(5,23)24/h10-11,18H,6-9,12H2,1-5H3. The average Bonchev–Trinajstić information content (AvgIpc) is 2.61. The Labute approximate surface area is 167 Å². The van der Waals surface area contributed by atoms with Crippen LogP contribution in [0.25, 0.3) is 0 Å². The maximum absolute atomic E-state index is 12.5. The Morgan fingerprint density at radius 2 is 1.64 bits per heavy atom. The molecule has 0 aliphatic carbocycles. The van der Waals surface area contributed by atoms with Crippen LogP contribution in [-0.2, 0) is 24.8 Å². The van der Waals surface area contributed by atoms with Gasteiger partial charge in [-0.15, -0.1) is 0 Å². The van der Waals surface area contributed by atoms with Crippen molar-refractivity contribution in [3.8, 4) is 0 Å². The lowest BCUT2D eigenvalue weighted by molar-refractivity contribution is -0.130. The van der Waals surface area contributed by atoms with Crippen molar-refractivity contribution >= 4 is 31.6 Å². The summed E-state index contributed by atoms with van der Waals surface area (Å²) in [4.78, 5) is 14.3. The number of hydrogen-bond acceptors (Lipinski definition) is 6. The van der Waals surface area contributed by atoms with E-state index in [-0.39, 0.29) is 30.4 Å². The van der Waals surface area contributed by atoms with Gasteiger partial charge in [-0.2, -0.15) is 4.31 Å². The van der Waals surface area contributed by atoms with Crippen molar-refractivity contribution in [1.82, 2.24) is 13.5 Å². The Bertz CT molecular complexity index is 950. The van der Waals surface area contributed by atoms with Crippen LogP contribution in [-0.4, -0.2) is 89.3 Å². The molecule has 11 heteroatoms. The van der Waals surface area contributed by atoms with E-state index in [1.54, 1.807) is 11.0 Å². The second-order valence-electron chi connectivity index (χ2n) is 7.10. The number of amides is 1. The Morgan fingerprint density at radius 1 is 1.07 bits per heavy atom. The first-order chi connectivity index (χ1) is 12.8. The van der Waals surface area contributed by atoms with Crippen molar-refractivity contribution in [2.45, 2.75) is 18.7 Å². The molecule has 1 aromatic carbocycles. The molecule has 1 aromatic rings. The highest BCUT2D eigenvalue weighted by Gasteiger charge is 2.26. The quantitative estimate of drug-likeness (QED) is 0.682. The summed E-state index contributed by atoms with van der Waals surface area (Å²) in [6, 6.07) is 3.15. The molecule has 1 fully saturated rings. The molecule has 1 aliphatic heterocycles. The lowest BCUT2D eigenvalue weighted by Crippen LogP contribution is -2.51. The highest BCUT2D eigenvalue weighted by Crippen LogP contribution is 2.25. The summed E-state index contributed by atoms with van der Waals surface area (Å²) in [7, 11) is -3.89. The van der Waals surface area contributed by atoms with E-state index in [9.17, 15) is 21.6 Å². The molecule has 1 amide bonds. The van der Waals surface area contributed by atoms with Crippen LogP contribution < -0.4 is 5.32 Å². The van der Waals surface area contributed by atoms with E-state index < -0.39 is 20.0 Å². The Kier molecular flexibility index (Phi) is 6.74. The third-order valence-corrected chi connectivity index (χ3v) is 8.01. The molecule has 0 radical (unpaired) electrons. The molecule has 1 saturated heterocycles. The molecule has 0 atom stereocenters. The number of nitrogens with zero attached hydrogens (tertiary/aromatic N) is 3. The van der Waals surface area contributed by atoms with Gasteiger partial charge in [0.2, 0.25) is 26.0 Å². The number of piperazine rings is 1. The lowest BCUT2D eigenvalue weighted by atomic mass is 10.1. The highest BCUT2D eigenvalue weighted by atomic mass is 32.2. The molecule has 158 valence electrons. The molecule has 9 nitrogen and oxygen atoms in total. The normalized spacial score (nSPS) is 16.4. The monoisotopic (exact) mass is 432 g/mol. The number of carbonyl (C=O) groups excluding carboxylic acids is 1. The largest absolute Gasteiger partial charge is 0.376 e. The Hall–Kier alpha value is -1.69. The predicted octanol–water partition coefficient (Wildman–Crippen LogP) is 0.0694. The number of benzene rings is 1. The molecule has 0 bridgehead atoms. The summed E-state index contributed by atoms with van der Waals surface area (Å²) in [5, 5.41) is 3.04. The molecule has 1 N–H and O–H groups in total. The Balaban J connectivity index is 2.08. The van der Waals surface area contributed by atoms with Gasteiger partial charge in [0.25, 0.3) is 0 Å². The van der Waals surface area contributed by atoms with Crippen molar-refractivity contribution in [3.63, 3.8) is 0 Å². The molecular weight excluding hydrogens is 404 g/mol. The van der Waals surface area contributed by atoms with Crippen molar-refractivity contribution in [2.75, 3.05) is 58.4 Å². The zero-order valence-corrected chi connectivity index (χ0v) is 18.5. The van der Waals surface area contributed by atoms with Gasteiger partial charge in [-0.3, -0.25) is 4.79 Å². The van der Waals surface area contributed by atoms with Crippen molar-refractivity contribution in [1.29, 1.82) is 0 Å². The number of sulfonamides is 2. The zero-order chi connectivity index (χ0) is 21.3. The fraction of sp³-hybridized carbons (Fsp3) is 0.588. The van der Waals surface area contributed by atoms with Crippen LogP contribution in [0.15, 0.2) is 17.0 Å². The summed E-state index contributed by atoms with van der Waals surface area (Å²) >= 11 is 0. The molecule has 0 unspecified atom stereocenters. The van der Waals surface area contributed by atoms with Crippen LogP contribution in [0, 0.1) is 13.8 Å². The summed E-state index contributed by atoms with van der Waals surface area (Å²) in [6.45, 7) is 4.91. The number of carbonyl (C=O) groups is 1.